The molecule has 0 fully saturated rings. The fourth-order valence-electron chi connectivity index (χ4n) is 1.88. The molecule has 0 bridgehead atoms. The third-order valence-corrected chi connectivity index (χ3v) is 4.98. The molecule has 22 heavy (non-hydrogen) atoms. The van der Waals surface area contributed by atoms with Crippen molar-refractivity contribution < 1.29 is 17.9 Å². The fraction of sp³-hybridized carbons (Fsp3) is 0.500. The minimum absolute atomic E-state index is 0.00353. The van der Waals surface area contributed by atoms with Gasteiger partial charge in [-0.15, -0.1) is 0 Å². The van der Waals surface area contributed by atoms with Crippen LogP contribution in [0.2, 0.25) is 5.02 Å². The van der Waals surface area contributed by atoms with E-state index in [1.54, 1.807) is 19.1 Å². The zero-order chi connectivity index (χ0) is 16.9. The summed E-state index contributed by atoms with van der Waals surface area (Å²) in [5, 5.41) is 0.538. The number of rotatable bonds is 7. The number of halogens is 1. The van der Waals surface area contributed by atoms with E-state index in [1.165, 1.54) is 18.9 Å². The Kier molecular flexibility index (Phi) is 6.65. The Hall–Kier alpha value is -1.31. The fourth-order valence-corrected chi connectivity index (χ4v) is 2.65. The molecule has 1 amide bonds. The highest BCUT2D eigenvalue weighted by atomic mass is 35.5. The molecule has 124 valence electrons. The van der Waals surface area contributed by atoms with Crippen LogP contribution >= 0.6 is 11.6 Å². The first-order chi connectivity index (χ1) is 10.2. The van der Waals surface area contributed by atoms with Gasteiger partial charge in [0.2, 0.25) is 15.9 Å². The number of methoxy groups -OCH3 is 1. The van der Waals surface area contributed by atoms with Crippen LogP contribution in [0.5, 0.6) is 5.75 Å². The van der Waals surface area contributed by atoms with E-state index < -0.39 is 10.0 Å². The van der Waals surface area contributed by atoms with E-state index in [0.717, 1.165) is 5.56 Å². The van der Waals surface area contributed by atoms with Gasteiger partial charge in [-0.1, -0.05) is 11.6 Å². The number of carbonyl (C=O) groups is 1. The van der Waals surface area contributed by atoms with Crippen molar-refractivity contribution >= 4 is 33.2 Å². The predicted octanol–water partition coefficient (Wildman–Crippen LogP) is 1.95. The topological polar surface area (TPSA) is 75.7 Å². The zero-order valence-corrected chi connectivity index (χ0v) is 14.7. The van der Waals surface area contributed by atoms with Crippen LogP contribution in [0.15, 0.2) is 12.1 Å². The first-order valence-corrected chi connectivity index (χ1v) is 8.84. The molecular weight excluding hydrogens is 328 g/mol. The normalized spacial score (nSPS) is 11.3. The van der Waals surface area contributed by atoms with Gasteiger partial charge in [-0.3, -0.25) is 4.79 Å². The molecule has 1 N–H and O–H groups in total. The Bertz CT molecular complexity index is 646. The van der Waals surface area contributed by atoms with Crippen LogP contribution in [0.1, 0.15) is 19.4 Å². The number of aryl methyl sites for hydroxylation is 1. The Morgan fingerprint density at radius 1 is 1.41 bits per heavy atom. The molecule has 0 atom stereocenters. The molecule has 0 saturated carbocycles. The maximum Gasteiger partial charge on any atom is 0.224 e. The second-order valence-electron chi connectivity index (χ2n) is 4.74. The molecule has 0 saturated heterocycles. The molecule has 1 aromatic rings. The Balaban J connectivity index is 3.02. The molecule has 0 aromatic heterocycles. The van der Waals surface area contributed by atoms with Gasteiger partial charge >= 0.3 is 0 Å². The summed E-state index contributed by atoms with van der Waals surface area (Å²) >= 11 is 6.06. The van der Waals surface area contributed by atoms with E-state index >= 15 is 0 Å². The monoisotopic (exact) mass is 348 g/mol. The summed E-state index contributed by atoms with van der Waals surface area (Å²) in [5.41, 5.74) is 1.37. The van der Waals surface area contributed by atoms with Crippen LogP contribution in [-0.2, 0) is 14.8 Å². The molecule has 0 aliphatic heterocycles. The number of nitrogens with one attached hydrogen (secondary N) is 1. The second-order valence-corrected chi connectivity index (χ2v) is 7.24. The molecule has 0 aliphatic carbocycles. The van der Waals surface area contributed by atoms with E-state index in [4.69, 9.17) is 16.3 Å². The largest absolute Gasteiger partial charge is 0.495 e. The summed E-state index contributed by atoms with van der Waals surface area (Å²) in [4.78, 5) is 13.4. The zero-order valence-electron chi connectivity index (χ0n) is 13.1. The highest BCUT2D eigenvalue weighted by Crippen LogP contribution is 2.33. The smallest absolute Gasteiger partial charge is 0.224 e. The minimum atomic E-state index is -3.29. The number of carbonyl (C=O) groups excluding carboxylic acids is 1. The molecule has 1 aromatic carbocycles. The summed E-state index contributed by atoms with van der Waals surface area (Å²) in [6.07, 6.45) is 0. The summed E-state index contributed by atoms with van der Waals surface area (Å²) in [6, 6.07) is 3.38. The summed E-state index contributed by atoms with van der Waals surface area (Å²) in [7, 11) is -1.81. The lowest BCUT2D eigenvalue weighted by atomic mass is 10.2. The van der Waals surface area contributed by atoms with Crippen molar-refractivity contribution in [2.45, 2.75) is 20.8 Å². The van der Waals surface area contributed by atoms with Crippen molar-refractivity contribution in [3.8, 4) is 5.75 Å². The first-order valence-electron chi connectivity index (χ1n) is 6.81. The van der Waals surface area contributed by atoms with Gasteiger partial charge in [-0.2, -0.15) is 0 Å². The summed E-state index contributed by atoms with van der Waals surface area (Å²) in [6.45, 7) is 5.12. The number of sulfonamides is 1. The van der Waals surface area contributed by atoms with Crippen LogP contribution in [0.25, 0.3) is 0 Å². The van der Waals surface area contributed by atoms with E-state index in [9.17, 15) is 13.2 Å². The summed E-state index contributed by atoms with van der Waals surface area (Å²) < 4.78 is 30.6. The SMILES string of the molecule is CCS(=O)(=O)NCCN(C(C)=O)c1cc(C)c(Cl)cc1OC. The second kappa shape index (κ2) is 7.80. The molecule has 6 nitrogen and oxygen atoms in total. The number of anilines is 1. The molecule has 0 aliphatic rings. The maximum absolute atomic E-state index is 11.9. The number of amides is 1. The van der Waals surface area contributed by atoms with Gasteiger partial charge in [0.05, 0.1) is 18.6 Å². The van der Waals surface area contributed by atoms with E-state index in [0.29, 0.717) is 16.5 Å². The molecule has 0 radical (unpaired) electrons. The average molecular weight is 349 g/mol. The third kappa shape index (κ3) is 4.86. The van der Waals surface area contributed by atoms with Gasteiger partial charge < -0.3 is 9.64 Å². The lowest BCUT2D eigenvalue weighted by Gasteiger charge is -2.24. The van der Waals surface area contributed by atoms with E-state index in [1.807, 2.05) is 6.92 Å². The van der Waals surface area contributed by atoms with Crippen molar-refractivity contribution in [1.82, 2.24) is 4.72 Å². The minimum Gasteiger partial charge on any atom is -0.495 e. The van der Waals surface area contributed by atoms with Crippen LogP contribution in [0.4, 0.5) is 5.69 Å². The first kappa shape index (κ1) is 18.7. The predicted molar refractivity (Wildman–Crippen MR) is 88.2 cm³/mol. The average Bonchev–Trinajstić information content (AvgIpc) is 2.46. The molecule has 0 spiro atoms. The van der Waals surface area contributed by atoms with Gasteiger partial charge in [-0.05, 0) is 25.5 Å². The van der Waals surface area contributed by atoms with Crippen molar-refractivity contribution in [2.24, 2.45) is 0 Å². The number of hydrogen-bond acceptors (Lipinski definition) is 4. The standard InChI is InChI=1S/C14H21ClN2O4S/c1-5-22(19,20)16-6-7-17(11(3)18)13-8-10(2)12(15)9-14(13)21-4/h8-9,16H,5-7H2,1-4H3. The van der Waals surface area contributed by atoms with Gasteiger partial charge in [0.25, 0.3) is 0 Å². The highest BCUT2D eigenvalue weighted by molar-refractivity contribution is 7.89. The highest BCUT2D eigenvalue weighted by Gasteiger charge is 2.18. The molecule has 0 unspecified atom stereocenters. The van der Waals surface area contributed by atoms with Crippen molar-refractivity contribution in [1.29, 1.82) is 0 Å². The number of benzene rings is 1. The Morgan fingerprint density at radius 2 is 2.05 bits per heavy atom. The molecular formula is C14H21ClN2O4S. The number of ether oxygens (including phenoxy) is 1. The van der Waals surface area contributed by atoms with Crippen molar-refractivity contribution in [2.75, 3.05) is 30.9 Å². The quantitative estimate of drug-likeness (QED) is 0.817. The van der Waals surface area contributed by atoms with Crippen LogP contribution in [-0.4, -0.2) is 40.3 Å². The lowest BCUT2D eigenvalue weighted by Crippen LogP contribution is -2.38. The molecule has 8 heteroatoms. The number of nitrogens with zero attached hydrogens (tertiary/aromatic N) is 1. The Morgan fingerprint density at radius 3 is 2.55 bits per heavy atom. The van der Waals surface area contributed by atoms with Crippen molar-refractivity contribution in [3.63, 3.8) is 0 Å². The lowest BCUT2D eigenvalue weighted by molar-refractivity contribution is -0.116. The molecule has 0 heterocycles. The number of hydrogen-bond donors (Lipinski definition) is 1. The molecule has 1 rings (SSSR count). The van der Waals surface area contributed by atoms with Gasteiger partial charge in [0.15, 0.2) is 0 Å². The van der Waals surface area contributed by atoms with Gasteiger partial charge in [-0.25, -0.2) is 13.1 Å². The van der Waals surface area contributed by atoms with Gasteiger partial charge in [0, 0.05) is 31.1 Å². The Labute approximate surface area is 136 Å². The van der Waals surface area contributed by atoms with Crippen LogP contribution in [0, 0.1) is 6.92 Å². The van der Waals surface area contributed by atoms with Crippen LogP contribution < -0.4 is 14.4 Å². The maximum atomic E-state index is 11.9. The van der Waals surface area contributed by atoms with E-state index in [2.05, 4.69) is 4.72 Å². The van der Waals surface area contributed by atoms with Gasteiger partial charge in [0.1, 0.15) is 5.75 Å². The van der Waals surface area contributed by atoms with Crippen molar-refractivity contribution in [3.05, 3.63) is 22.7 Å². The summed E-state index contributed by atoms with van der Waals surface area (Å²) in [5.74, 6) is 0.246. The third-order valence-electron chi connectivity index (χ3n) is 3.17. The van der Waals surface area contributed by atoms with Crippen LogP contribution in [0.3, 0.4) is 0 Å². The van der Waals surface area contributed by atoms with E-state index in [-0.39, 0.29) is 24.7 Å².